The summed E-state index contributed by atoms with van der Waals surface area (Å²) in [5, 5.41) is -7.40. The topological polar surface area (TPSA) is 137 Å². The van der Waals surface area contributed by atoms with Crippen LogP contribution in [0.4, 0.5) is 57.1 Å². The number of alkyl halides is 13. The van der Waals surface area contributed by atoms with Crippen molar-refractivity contribution in [3.8, 4) is 5.75 Å². The Morgan fingerprint density at radius 3 is 1.52 bits per heavy atom. The van der Waals surface area contributed by atoms with Gasteiger partial charge in [-0.05, 0) is 18.2 Å². The molecule has 0 saturated heterocycles. The summed E-state index contributed by atoms with van der Waals surface area (Å²) in [6.45, 7) is 0. The summed E-state index contributed by atoms with van der Waals surface area (Å²) in [5.74, 6) is -12.1. The van der Waals surface area contributed by atoms with Gasteiger partial charge in [-0.15, -0.1) is 0 Å². The van der Waals surface area contributed by atoms with Gasteiger partial charge in [-0.3, -0.25) is 9.47 Å². The third-order valence-corrected chi connectivity index (χ3v) is 5.04. The zero-order valence-electron chi connectivity index (χ0n) is 20.2. The molecule has 0 amide bonds. The van der Waals surface area contributed by atoms with Crippen LogP contribution in [0.15, 0.2) is 18.2 Å². The van der Waals surface area contributed by atoms with Crippen molar-refractivity contribution in [2.45, 2.75) is 42.0 Å². The third-order valence-electron chi connectivity index (χ3n) is 4.18. The first-order valence-corrected chi connectivity index (χ1v) is 10.8. The predicted molar refractivity (Wildman–Crippen MR) is 96.2 cm³/mol. The maximum absolute atomic E-state index is 14.1. The van der Waals surface area contributed by atoms with E-state index in [2.05, 4.69) is 18.9 Å². The third kappa shape index (κ3) is 7.89. The molecule has 1 rings (SSSR count). The maximum Gasteiger partial charge on any atom is 1.00 e. The molecule has 42 heavy (non-hydrogen) atoms. The minimum absolute atomic E-state index is 0. The van der Waals surface area contributed by atoms with Crippen LogP contribution in [0.3, 0.4) is 0 Å². The largest absolute Gasteiger partial charge is 1.00 e. The molecule has 0 saturated carbocycles. The molecule has 0 fully saturated rings. The van der Waals surface area contributed by atoms with E-state index in [0.29, 0.717) is 20.3 Å². The Balaban J connectivity index is 0.0000168. The van der Waals surface area contributed by atoms with Crippen molar-refractivity contribution >= 4 is 22.1 Å². The quantitative estimate of drug-likeness (QED) is 0.139. The van der Waals surface area contributed by atoms with E-state index in [1.54, 1.807) is 4.74 Å². The van der Waals surface area contributed by atoms with E-state index in [-0.39, 0.29) is 31.0 Å². The van der Waals surface area contributed by atoms with Gasteiger partial charge < -0.3 is 18.8 Å². The normalized spacial score (nSPS) is 15.6. The van der Waals surface area contributed by atoms with Crippen molar-refractivity contribution in [1.82, 2.24) is 0 Å². The maximum atomic E-state index is 14.1. The van der Waals surface area contributed by atoms with Crippen LogP contribution in [-0.2, 0) is 29.1 Å². The molecular formula is C17H10F13LiO10S. The summed E-state index contributed by atoms with van der Waals surface area (Å²) < 4.78 is 222. The first-order valence-electron chi connectivity index (χ1n) is 9.35. The molecule has 2 atom stereocenters. The molecule has 1 aromatic rings. The average molecular weight is 660 g/mol. The van der Waals surface area contributed by atoms with E-state index >= 15 is 0 Å². The molecule has 0 spiro atoms. The number of carbonyl (C=O) groups is 2. The van der Waals surface area contributed by atoms with E-state index in [1.165, 1.54) is 0 Å². The number of methoxy groups -OCH3 is 2. The number of hydrogen-bond acceptors (Lipinski definition) is 10. The molecule has 0 heterocycles. The molecular weight excluding hydrogens is 650 g/mol. The van der Waals surface area contributed by atoms with Gasteiger partial charge in [-0.25, -0.2) is 22.4 Å². The Labute approximate surface area is 235 Å². The summed E-state index contributed by atoms with van der Waals surface area (Å²) in [5.41, 5.74) is -1.71. The standard InChI is InChI=1S/C17H11F13O10S.Li/c1-36-9(31)6-3-7(10(32)37-2)5-8(4-6)38-12(19,20)11(18)39-15(25,26)13(21,14(22,23)24)40-16(27,28)17(29,30)41(33,34)35;/h3-5,11H,1-2H3,(H,33,34,35);/q;+1/p-1. The number of benzene rings is 1. The SMILES string of the molecule is COC(=O)c1cc(OC(F)(F)C(F)OC(F)(F)C(F)(OC(F)(F)C(F)(F)S(=O)(=O)[O-])C(F)(F)F)cc(C(=O)OC)c1.[Li+]. The van der Waals surface area contributed by atoms with Crippen LogP contribution in [-0.4, -0.2) is 81.1 Å². The Bertz CT molecular complexity index is 1220. The van der Waals surface area contributed by atoms with Crippen molar-refractivity contribution < 1.29 is 122 Å². The molecule has 0 aliphatic carbocycles. The van der Waals surface area contributed by atoms with Crippen molar-refractivity contribution in [1.29, 1.82) is 0 Å². The second-order valence-corrected chi connectivity index (χ2v) is 8.45. The van der Waals surface area contributed by atoms with Crippen molar-refractivity contribution in [3.05, 3.63) is 29.3 Å². The van der Waals surface area contributed by atoms with E-state index in [4.69, 9.17) is 0 Å². The summed E-state index contributed by atoms with van der Waals surface area (Å²) in [7, 11) is -6.35. The molecule has 0 aromatic heterocycles. The molecule has 236 valence electrons. The number of ether oxygens (including phenoxy) is 5. The fraction of sp³-hybridized carbons (Fsp3) is 0.529. The molecule has 1 aromatic carbocycles. The number of carbonyl (C=O) groups excluding carboxylic acids is 2. The van der Waals surface area contributed by atoms with Gasteiger partial charge in [0.1, 0.15) is 5.75 Å². The summed E-state index contributed by atoms with van der Waals surface area (Å²) in [6.07, 6.45) is -34.3. The van der Waals surface area contributed by atoms with Crippen LogP contribution < -0.4 is 23.6 Å². The molecule has 10 nitrogen and oxygen atoms in total. The van der Waals surface area contributed by atoms with Gasteiger partial charge in [0.2, 0.25) is 0 Å². The second kappa shape index (κ2) is 12.6. The number of rotatable bonds is 12. The monoisotopic (exact) mass is 660 g/mol. The zero-order valence-corrected chi connectivity index (χ0v) is 21.0. The van der Waals surface area contributed by atoms with E-state index < -0.39 is 80.9 Å². The second-order valence-electron chi connectivity index (χ2n) is 7.03. The van der Waals surface area contributed by atoms with Gasteiger partial charge in [0.15, 0.2) is 10.1 Å². The molecule has 0 aliphatic heterocycles. The van der Waals surface area contributed by atoms with Crippen LogP contribution in [0.5, 0.6) is 5.75 Å². The van der Waals surface area contributed by atoms with Crippen molar-refractivity contribution in [2.75, 3.05) is 14.2 Å². The van der Waals surface area contributed by atoms with Crippen LogP contribution in [0.2, 0.25) is 0 Å². The van der Waals surface area contributed by atoms with Crippen LogP contribution >= 0.6 is 0 Å². The van der Waals surface area contributed by atoms with E-state index in [1.807, 2.05) is 0 Å². The summed E-state index contributed by atoms with van der Waals surface area (Å²) in [4.78, 5) is 23.2. The van der Waals surface area contributed by atoms with Crippen LogP contribution in [0.1, 0.15) is 20.7 Å². The smallest absolute Gasteiger partial charge is 0.743 e. The average Bonchev–Trinajstić information content (AvgIpc) is 2.80. The molecule has 25 heteroatoms. The summed E-state index contributed by atoms with van der Waals surface area (Å²) >= 11 is 0. The van der Waals surface area contributed by atoms with Crippen LogP contribution in [0, 0.1) is 0 Å². The first kappa shape index (κ1) is 39.5. The van der Waals surface area contributed by atoms with E-state index in [0.717, 1.165) is 0 Å². The molecule has 0 N–H and O–H groups in total. The molecule has 2 unspecified atom stereocenters. The van der Waals surface area contributed by atoms with Gasteiger partial charge in [-0.1, -0.05) is 0 Å². The van der Waals surface area contributed by atoms with Gasteiger partial charge in [0.25, 0.3) is 0 Å². The Morgan fingerprint density at radius 1 is 0.786 bits per heavy atom. The number of halogens is 13. The van der Waals surface area contributed by atoms with Crippen LogP contribution in [0.25, 0.3) is 0 Å². The number of esters is 2. The Kier molecular flexibility index (Phi) is 11.8. The fourth-order valence-corrected chi connectivity index (χ4v) is 2.60. The molecule has 0 bridgehead atoms. The fourth-order valence-electron chi connectivity index (χ4n) is 2.27. The predicted octanol–water partition coefficient (Wildman–Crippen LogP) is 1.12. The Hall–Kier alpha value is -2.52. The van der Waals surface area contributed by atoms with E-state index in [9.17, 15) is 79.6 Å². The van der Waals surface area contributed by atoms with Crippen molar-refractivity contribution in [3.63, 3.8) is 0 Å². The minimum atomic E-state index is -7.79. The van der Waals surface area contributed by atoms with Gasteiger partial charge >= 0.3 is 72.8 Å². The van der Waals surface area contributed by atoms with Crippen molar-refractivity contribution in [2.24, 2.45) is 0 Å². The zero-order chi connectivity index (χ0) is 32.6. The molecule has 0 aliphatic rings. The minimum Gasteiger partial charge on any atom is -0.743 e. The Morgan fingerprint density at radius 2 is 1.19 bits per heavy atom. The van der Waals surface area contributed by atoms with Gasteiger partial charge in [0, 0.05) is 0 Å². The van der Waals surface area contributed by atoms with Gasteiger partial charge in [-0.2, -0.15) is 52.7 Å². The molecule has 0 radical (unpaired) electrons. The first-order chi connectivity index (χ1) is 18.1. The van der Waals surface area contributed by atoms with Gasteiger partial charge in [0.05, 0.1) is 25.3 Å². The summed E-state index contributed by atoms with van der Waals surface area (Å²) in [6, 6.07) is 0.985. The number of hydrogen-bond donors (Lipinski definition) is 0.